The first-order valence-electron chi connectivity index (χ1n) is 5.94. The van der Waals surface area contributed by atoms with Crippen molar-refractivity contribution in [3.8, 4) is 0 Å². The molecule has 0 bridgehead atoms. The highest BCUT2D eigenvalue weighted by molar-refractivity contribution is 5.80. The average molecular weight is 214 g/mol. The van der Waals surface area contributed by atoms with E-state index in [1.54, 1.807) is 0 Å². The number of ether oxygens (including phenoxy) is 1. The Balaban J connectivity index is 2.10. The molecule has 2 N–H and O–H groups in total. The second kappa shape index (κ2) is 7.65. The molecule has 0 aromatic rings. The monoisotopic (exact) mass is 214 g/mol. The van der Waals surface area contributed by atoms with Gasteiger partial charge in [-0.25, -0.2) is 0 Å². The van der Waals surface area contributed by atoms with Crippen LogP contribution in [0.1, 0.15) is 32.6 Å². The van der Waals surface area contributed by atoms with E-state index in [9.17, 15) is 4.79 Å². The fourth-order valence-electron chi connectivity index (χ4n) is 1.65. The van der Waals surface area contributed by atoms with Crippen molar-refractivity contribution in [2.75, 3.05) is 26.2 Å². The Morgan fingerprint density at radius 3 is 3.13 bits per heavy atom. The lowest BCUT2D eigenvalue weighted by Gasteiger charge is -2.14. The van der Waals surface area contributed by atoms with Crippen molar-refractivity contribution < 1.29 is 9.53 Å². The molecule has 1 rings (SSSR count). The van der Waals surface area contributed by atoms with E-state index >= 15 is 0 Å². The van der Waals surface area contributed by atoms with Crippen LogP contribution in [0.2, 0.25) is 0 Å². The topological polar surface area (TPSA) is 50.4 Å². The molecule has 1 atom stereocenters. The fraction of sp³-hybridized carbons (Fsp3) is 0.909. The average Bonchev–Trinajstić information content (AvgIpc) is 2.44. The first-order chi connectivity index (χ1) is 7.34. The maximum atomic E-state index is 11.5. The summed E-state index contributed by atoms with van der Waals surface area (Å²) in [5, 5.41) is 6.11. The molecule has 0 radical (unpaired) electrons. The molecule has 1 amide bonds. The summed E-state index contributed by atoms with van der Waals surface area (Å²) in [6.07, 6.45) is 3.91. The summed E-state index contributed by atoms with van der Waals surface area (Å²) < 4.78 is 5.55. The van der Waals surface area contributed by atoms with Crippen molar-refractivity contribution in [3.63, 3.8) is 0 Å². The highest BCUT2D eigenvalue weighted by Crippen LogP contribution is 2.08. The Morgan fingerprint density at radius 1 is 1.47 bits per heavy atom. The van der Waals surface area contributed by atoms with Crippen LogP contribution in [0, 0.1) is 0 Å². The predicted molar refractivity (Wildman–Crippen MR) is 59.8 cm³/mol. The molecule has 0 spiro atoms. The molecule has 4 heteroatoms. The molecule has 0 aromatic heterocycles. The zero-order valence-electron chi connectivity index (χ0n) is 9.55. The minimum absolute atomic E-state index is 0.0583. The van der Waals surface area contributed by atoms with E-state index in [4.69, 9.17) is 4.74 Å². The van der Waals surface area contributed by atoms with Gasteiger partial charge in [0.25, 0.3) is 0 Å². The van der Waals surface area contributed by atoms with Crippen molar-refractivity contribution in [1.29, 1.82) is 0 Å². The molecule has 88 valence electrons. The summed E-state index contributed by atoms with van der Waals surface area (Å²) in [7, 11) is 0. The number of carbonyl (C=O) groups excluding carboxylic acids is 1. The van der Waals surface area contributed by atoms with E-state index in [2.05, 4.69) is 17.6 Å². The number of amides is 1. The lowest BCUT2D eigenvalue weighted by molar-refractivity contribution is -0.132. The van der Waals surface area contributed by atoms with E-state index in [-0.39, 0.29) is 12.0 Å². The molecule has 1 heterocycles. The summed E-state index contributed by atoms with van der Waals surface area (Å²) in [6, 6.07) is 0. The number of rotatable bonds is 6. The molecular formula is C11H22N2O2. The SMILES string of the molecule is CCCNCCOC1CCCCNC1=O. The van der Waals surface area contributed by atoms with Crippen molar-refractivity contribution in [2.24, 2.45) is 0 Å². The van der Waals surface area contributed by atoms with Crippen LogP contribution >= 0.6 is 0 Å². The fourth-order valence-corrected chi connectivity index (χ4v) is 1.65. The second-order valence-electron chi connectivity index (χ2n) is 3.90. The number of nitrogens with one attached hydrogen (secondary N) is 2. The molecule has 1 unspecified atom stereocenters. The van der Waals surface area contributed by atoms with Gasteiger partial charge >= 0.3 is 0 Å². The third kappa shape index (κ3) is 5.14. The predicted octanol–water partition coefficient (Wildman–Crippen LogP) is 0.671. The van der Waals surface area contributed by atoms with Crippen molar-refractivity contribution in [3.05, 3.63) is 0 Å². The summed E-state index contributed by atoms with van der Waals surface area (Å²) in [5.74, 6) is 0.0583. The summed E-state index contributed by atoms with van der Waals surface area (Å²) >= 11 is 0. The molecule has 0 saturated carbocycles. The molecule has 0 aromatic carbocycles. The van der Waals surface area contributed by atoms with Gasteiger partial charge in [0.05, 0.1) is 6.61 Å². The van der Waals surface area contributed by atoms with Gasteiger partial charge in [-0.15, -0.1) is 0 Å². The van der Waals surface area contributed by atoms with Crippen LogP contribution in [0.5, 0.6) is 0 Å². The van der Waals surface area contributed by atoms with Gasteiger partial charge in [-0.05, 0) is 32.2 Å². The molecule has 1 aliphatic heterocycles. The summed E-state index contributed by atoms with van der Waals surface area (Å²) in [4.78, 5) is 11.5. The highest BCUT2D eigenvalue weighted by atomic mass is 16.5. The number of carbonyl (C=O) groups is 1. The zero-order chi connectivity index (χ0) is 10.9. The lowest BCUT2D eigenvalue weighted by atomic mass is 10.2. The van der Waals surface area contributed by atoms with Crippen LogP contribution in [-0.4, -0.2) is 38.3 Å². The van der Waals surface area contributed by atoms with E-state index < -0.39 is 0 Å². The molecule has 1 saturated heterocycles. The minimum atomic E-state index is -0.226. The zero-order valence-corrected chi connectivity index (χ0v) is 9.55. The Kier molecular flexibility index (Phi) is 6.36. The van der Waals surface area contributed by atoms with E-state index in [1.807, 2.05) is 0 Å². The van der Waals surface area contributed by atoms with Crippen LogP contribution < -0.4 is 10.6 Å². The molecule has 15 heavy (non-hydrogen) atoms. The highest BCUT2D eigenvalue weighted by Gasteiger charge is 2.20. The first kappa shape index (κ1) is 12.5. The van der Waals surface area contributed by atoms with E-state index in [0.717, 1.165) is 45.3 Å². The van der Waals surface area contributed by atoms with Gasteiger partial charge in [0.1, 0.15) is 6.10 Å². The van der Waals surface area contributed by atoms with Gasteiger partial charge in [0.2, 0.25) is 5.91 Å². The molecule has 1 aliphatic rings. The van der Waals surface area contributed by atoms with Gasteiger partial charge in [0.15, 0.2) is 0 Å². The van der Waals surface area contributed by atoms with Crippen LogP contribution in [0.3, 0.4) is 0 Å². The summed E-state index contributed by atoms with van der Waals surface area (Å²) in [6.45, 7) is 5.40. The van der Waals surface area contributed by atoms with Gasteiger partial charge in [-0.1, -0.05) is 6.92 Å². The third-order valence-electron chi connectivity index (χ3n) is 2.51. The molecule has 1 fully saturated rings. The van der Waals surface area contributed by atoms with Gasteiger partial charge in [-0.3, -0.25) is 4.79 Å². The Morgan fingerprint density at radius 2 is 2.33 bits per heavy atom. The number of hydrogen-bond acceptors (Lipinski definition) is 3. The largest absolute Gasteiger partial charge is 0.367 e. The molecule has 4 nitrogen and oxygen atoms in total. The third-order valence-corrected chi connectivity index (χ3v) is 2.51. The quantitative estimate of drug-likeness (QED) is 0.639. The summed E-state index contributed by atoms with van der Waals surface area (Å²) in [5.41, 5.74) is 0. The van der Waals surface area contributed by atoms with Gasteiger partial charge in [0, 0.05) is 13.1 Å². The van der Waals surface area contributed by atoms with Crippen LogP contribution in [0.4, 0.5) is 0 Å². The van der Waals surface area contributed by atoms with Gasteiger partial charge < -0.3 is 15.4 Å². The van der Waals surface area contributed by atoms with Crippen LogP contribution in [0.25, 0.3) is 0 Å². The smallest absolute Gasteiger partial charge is 0.249 e. The van der Waals surface area contributed by atoms with Crippen LogP contribution in [-0.2, 0) is 9.53 Å². The second-order valence-corrected chi connectivity index (χ2v) is 3.90. The minimum Gasteiger partial charge on any atom is -0.367 e. The van der Waals surface area contributed by atoms with Crippen molar-refractivity contribution in [1.82, 2.24) is 10.6 Å². The van der Waals surface area contributed by atoms with Crippen LogP contribution in [0.15, 0.2) is 0 Å². The van der Waals surface area contributed by atoms with E-state index in [0.29, 0.717) is 6.61 Å². The first-order valence-corrected chi connectivity index (χ1v) is 5.94. The van der Waals surface area contributed by atoms with Gasteiger partial charge in [-0.2, -0.15) is 0 Å². The maximum absolute atomic E-state index is 11.5. The Hall–Kier alpha value is -0.610. The Bertz CT molecular complexity index is 185. The normalized spacial score (nSPS) is 22.2. The lowest BCUT2D eigenvalue weighted by Crippen LogP contribution is -2.36. The Labute approximate surface area is 91.8 Å². The number of hydrogen-bond donors (Lipinski definition) is 2. The van der Waals surface area contributed by atoms with Crippen molar-refractivity contribution >= 4 is 5.91 Å². The maximum Gasteiger partial charge on any atom is 0.249 e. The standard InChI is InChI=1S/C11H22N2O2/c1-2-6-12-8-9-15-10-5-3-4-7-13-11(10)14/h10,12H,2-9H2,1H3,(H,13,14). The van der Waals surface area contributed by atoms with Crippen molar-refractivity contribution in [2.45, 2.75) is 38.7 Å². The van der Waals surface area contributed by atoms with E-state index in [1.165, 1.54) is 0 Å². The molecule has 0 aliphatic carbocycles. The molecular weight excluding hydrogens is 192 g/mol.